The van der Waals surface area contributed by atoms with Crippen LogP contribution in [0.5, 0.6) is 0 Å². The summed E-state index contributed by atoms with van der Waals surface area (Å²) in [4.78, 5) is 26.1. The quantitative estimate of drug-likeness (QED) is 0.512. The van der Waals surface area contributed by atoms with E-state index in [1.165, 1.54) is 21.3 Å². The van der Waals surface area contributed by atoms with Crippen molar-refractivity contribution < 1.29 is 27.1 Å². The molecule has 3 aromatic carbocycles. The van der Waals surface area contributed by atoms with Crippen molar-refractivity contribution in [2.45, 2.75) is 4.90 Å². The standard InChI is InChI=1S/C23H20ClFN2O5S/c24-18-6-8-20(21(25)14-18)23(29)32-15-22(28)26-9-11-27(12-10-26)33(30,31)19-7-5-16-3-1-2-4-17(16)13-19/h1-8,13-14H,9-12,15H2. The van der Waals surface area contributed by atoms with E-state index < -0.39 is 34.3 Å². The van der Waals surface area contributed by atoms with Gasteiger partial charge < -0.3 is 9.64 Å². The third-order valence-electron chi connectivity index (χ3n) is 5.43. The van der Waals surface area contributed by atoms with E-state index in [1.807, 2.05) is 24.3 Å². The molecule has 3 aromatic rings. The lowest BCUT2D eigenvalue weighted by molar-refractivity contribution is -0.135. The van der Waals surface area contributed by atoms with Gasteiger partial charge in [0.2, 0.25) is 10.0 Å². The number of piperazine rings is 1. The highest BCUT2D eigenvalue weighted by molar-refractivity contribution is 7.89. The van der Waals surface area contributed by atoms with Gasteiger partial charge in [-0.3, -0.25) is 4.79 Å². The van der Waals surface area contributed by atoms with Crippen molar-refractivity contribution in [2.75, 3.05) is 32.8 Å². The molecule has 1 fully saturated rings. The van der Waals surface area contributed by atoms with E-state index in [-0.39, 0.29) is 41.7 Å². The predicted molar refractivity (Wildman–Crippen MR) is 121 cm³/mol. The van der Waals surface area contributed by atoms with E-state index in [9.17, 15) is 22.4 Å². The minimum Gasteiger partial charge on any atom is -0.452 e. The normalized spacial score (nSPS) is 14.9. The van der Waals surface area contributed by atoms with E-state index in [2.05, 4.69) is 0 Å². The van der Waals surface area contributed by atoms with Crippen molar-refractivity contribution in [3.05, 3.63) is 77.1 Å². The van der Waals surface area contributed by atoms with Gasteiger partial charge in [0.25, 0.3) is 5.91 Å². The lowest BCUT2D eigenvalue weighted by Crippen LogP contribution is -2.51. The van der Waals surface area contributed by atoms with E-state index in [4.69, 9.17) is 16.3 Å². The summed E-state index contributed by atoms with van der Waals surface area (Å²) in [5.41, 5.74) is -0.321. The van der Waals surface area contributed by atoms with E-state index >= 15 is 0 Å². The Kier molecular flexibility index (Phi) is 6.64. The van der Waals surface area contributed by atoms with Gasteiger partial charge in [-0.25, -0.2) is 17.6 Å². The first kappa shape index (κ1) is 23.2. The number of ether oxygens (including phenoxy) is 1. The van der Waals surface area contributed by atoms with Crippen molar-refractivity contribution in [3.63, 3.8) is 0 Å². The molecule has 1 saturated heterocycles. The first-order valence-corrected chi connectivity index (χ1v) is 12.0. The van der Waals surface area contributed by atoms with Gasteiger partial charge in [-0.15, -0.1) is 0 Å². The topological polar surface area (TPSA) is 84.0 Å². The highest BCUT2D eigenvalue weighted by Crippen LogP contribution is 2.23. The number of benzene rings is 3. The zero-order valence-corrected chi connectivity index (χ0v) is 19.0. The van der Waals surface area contributed by atoms with E-state index in [1.54, 1.807) is 18.2 Å². The Labute approximate surface area is 195 Å². The molecular formula is C23H20ClFN2O5S. The smallest absolute Gasteiger partial charge is 0.341 e. The number of rotatable bonds is 5. The van der Waals surface area contributed by atoms with Crippen molar-refractivity contribution in [3.8, 4) is 0 Å². The van der Waals surface area contributed by atoms with Gasteiger partial charge in [0.1, 0.15) is 5.82 Å². The van der Waals surface area contributed by atoms with Crippen LogP contribution in [0, 0.1) is 5.82 Å². The maximum atomic E-state index is 13.8. The number of amides is 1. The highest BCUT2D eigenvalue weighted by atomic mass is 35.5. The highest BCUT2D eigenvalue weighted by Gasteiger charge is 2.30. The van der Waals surface area contributed by atoms with Crippen LogP contribution in [-0.2, 0) is 19.6 Å². The fourth-order valence-electron chi connectivity index (χ4n) is 3.61. The molecule has 0 N–H and O–H groups in total. The third-order valence-corrected chi connectivity index (χ3v) is 7.56. The van der Waals surface area contributed by atoms with E-state index in [0.29, 0.717) is 0 Å². The average Bonchev–Trinajstić information content (AvgIpc) is 2.82. The minimum atomic E-state index is -3.72. The van der Waals surface area contributed by atoms with Crippen LogP contribution in [0.3, 0.4) is 0 Å². The summed E-state index contributed by atoms with van der Waals surface area (Å²) >= 11 is 5.66. The van der Waals surface area contributed by atoms with Crippen LogP contribution < -0.4 is 0 Å². The van der Waals surface area contributed by atoms with Crippen molar-refractivity contribution in [2.24, 2.45) is 0 Å². The molecular weight excluding hydrogens is 471 g/mol. The number of sulfonamides is 1. The second-order valence-corrected chi connectivity index (χ2v) is 9.87. The lowest BCUT2D eigenvalue weighted by atomic mass is 10.1. The van der Waals surface area contributed by atoms with Gasteiger partial charge in [0, 0.05) is 31.2 Å². The largest absolute Gasteiger partial charge is 0.452 e. The first-order chi connectivity index (χ1) is 15.8. The number of fused-ring (bicyclic) bond motifs is 1. The Morgan fingerprint density at radius 2 is 1.64 bits per heavy atom. The maximum Gasteiger partial charge on any atom is 0.341 e. The molecule has 10 heteroatoms. The Morgan fingerprint density at radius 1 is 0.939 bits per heavy atom. The summed E-state index contributed by atoms with van der Waals surface area (Å²) in [5, 5.41) is 1.91. The molecule has 0 aromatic heterocycles. The SMILES string of the molecule is O=C(OCC(=O)N1CCN(S(=O)(=O)c2ccc3ccccc3c2)CC1)c1ccc(Cl)cc1F. The maximum absolute atomic E-state index is 13.8. The molecule has 0 unspecified atom stereocenters. The van der Waals surface area contributed by atoms with Crippen LogP contribution in [0.4, 0.5) is 4.39 Å². The van der Waals surface area contributed by atoms with Crippen LogP contribution in [0.2, 0.25) is 5.02 Å². The molecule has 0 aliphatic carbocycles. The molecule has 0 atom stereocenters. The van der Waals surface area contributed by atoms with Gasteiger partial charge >= 0.3 is 5.97 Å². The first-order valence-electron chi connectivity index (χ1n) is 10.1. The minimum absolute atomic E-state index is 0.112. The summed E-state index contributed by atoms with van der Waals surface area (Å²) in [5.74, 6) is -2.30. The van der Waals surface area contributed by atoms with Gasteiger partial charge in [-0.1, -0.05) is 41.9 Å². The van der Waals surface area contributed by atoms with Crippen molar-refractivity contribution in [1.29, 1.82) is 0 Å². The molecule has 0 bridgehead atoms. The number of hydrogen-bond acceptors (Lipinski definition) is 5. The summed E-state index contributed by atoms with van der Waals surface area (Å²) in [7, 11) is -3.72. The Morgan fingerprint density at radius 3 is 2.33 bits per heavy atom. The van der Waals surface area contributed by atoms with Crippen molar-refractivity contribution >= 4 is 44.3 Å². The van der Waals surface area contributed by atoms with Gasteiger partial charge in [0.05, 0.1) is 10.5 Å². The number of nitrogens with zero attached hydrogens (tertiary/aromatic N) is 2. The van der Waals surface area contributed by atoms with Crippen LogP contribution in [0.25, 0.3) is 10.8 Å². The molecule has 0 spiro atoms. The van der Waals surface area contributed by atoms with Crippen LogP contribution in [0.15, 0.2) is 65.6 Å². The van der Waals surface area contributed by atoms with Crippen LogP contribution in [-0.4, -0.2) is 62.3 Å². The summed E-state index contributed by atoms with van der Waals surface area (Å²) in [6, 6.07) is 16.0. The molecule has 1 amide bonds. The molecule has 33 heavy (non-hydrogen) atoms. The number of halogens is 2. The number of carbonyl (C=O) groups is 2. The Balaban J connectivity index is 1.34. The summed E-state index contributed by atoms with van der Waals surface area (Å²) in [6.07, 6.45) is 0. The molecule has 1 heterocycles. The second-order valence-electron chi connectivity index (χ2n) is 7.49. The second kappa shape index (κ2) is 9.46. The average molecular weight is 491 g/mol. The molecule has 172 valence electrons. The van der Waals surface area contributed by atoms with E-state index in [0.717, 1.165) is 16.8 Å². The Bertz CT molecular complexity index is 1320. The number of carbonyl (C=O) groups excluding carboxylic acids is 2. The molecule has 7 nitrogen and oxygen atoms in total. The van der Waals surface area contributed by atoms with Crippen molar-refractivity contribution in [1.82, 2.24) is 9.21 Å². The summed E-state index contributed by atoms with van der Waals surface area (Å²) < 4.78 is 46.2. The fraction of sp³-hybridized carbons (Fsp3) is 0.217. The third kappa shape index (κ3) is 5.00. The fourth-order valence-corrected chi connectivity index (χ4v) is 5.22. The lowest BCUT2D eigenvalue weighted by Gasteiger charge is -2.33. The van der Waals surface area contributed by atoms with Crippen LogP contribution >= 0.6 is 11.6 Å². The van der Waals surface area contributed by atoms with Crippen LogP contribution in [0.1, 0.15) is 10.4 Å². The zero-order valence-electron chi connectivity index (χ0n) is 17.4. The van der Waals surface area contributed by atoms with Gasteiger partial charge in [-0.05, 0) is 41.1 Å². The molecule has 0 saturated carbocycles. The molecule has 4 rings (SSSR count). The predicted octanol–water partition coefficient (Wildman–Crippen LogP) is 3.32. The summed E-state index contributed by atoms with van der Waals surface area (Å²) in [6.45, 7) is -0.0450. The molecule has 0 radical (unpaired) electrons. The Hall–Kier alpha value is -3.01. The zero-order chi connectivity index (χ0) is 23.6. The monoisotopic (exact) mass is 490 g/mol. The van der Waals surface area contributed by atoms with Gasteiger partial charge in [0.15, 0.2) is 6.61 Å². The van der Waals surface area contributed by atoms with Gasteiger partial charge in [-0.2, -0.15) is 4.31 Å². The molecule has 1 aliphatic rings. The number of hydrogen-bond donors (Lipinski definition) is 0. The number of esters is 1. The molecule has 1 aliphatic heterocycles.